The van der Waals surface area contributed by atoms with Crippen LogP contribution in [0.15, 0.2) is 87.0 Å². The Morgan fingerprint density at radius 1 is 1.05 bits per heavy atom. The molecular weight excluding hydrogens is 246 g/mol. The lowest BCUT2D eigenvalue weighted by atomic mass is 10.2. The van der Waals surface area contributed by atoms with Crippen molar-refractivity contribution >= 4 is 11.9 Å². The number of hydrogen-bond acceptors (Lipinski definition) is 2. The molecule has 0 aliphatic rings. The van der Waals surface area contributed by atoms with E-state index in [4.69, 9.17) is 5.26 Å². The van der Waals surface area contributed by atoms with Crippen molar-refractivity contribution in [3.05, 3.63) is 92.6 Å². The van der Waals surface area contributed by atoms with Crippen molar-refractivity contribution in [1.29, 1.82) is 5.26 Å². The van der Waals surface area contributed by atoms with Crippen molar-refractivity contribution in [2.45, 2.75) is 0 Å². The van der Waals surface area contributed by atoms with Gasteiger partial charge in [0.25, 0.3) is 0 Å². The van der Waals surface area contributed by atoms with E-state index in [-0.39, 0.29) is 5.57 Å². The number of rotatable bonds is 4. The van der Waals surface area contributed by atoms with Gasteiger partial charge in [-0.05, 0) is 11.6 Å². The number of nitrogens with zero attached hydrogens (tertiary/aromatic N) is 1. The summed E-state index contributed by atoms with van der Waals surface area (Å²) in [4.78, 5) is 10.3. The molecule has 0 aromatic heterocycles. The largest absolute Gasteiger partial charge is 0.289 e. The lowest BCUT2D eigenvalue weighted by molar-refractivity contribution is -0.110. The smallest absolute Gasteiger partial charge is 0.195 e. The molecule has 0 saturated heterocycles. The maximum Gasteiger partial charge on any atom is 0.195 e. The fourth-order valence-corrected chi connectivity index (χ4v) is 0.767. The molecule has 0 amide bonds. The van der Waals surface area contributed by atoms with Gasteiger partial charge in [0.2, 0.25) is 0 Å². The lowest BCUT2D eigenvalue weighted by Crippen LogP contribution is -1.91. The van der Waals surface area contributed by atoms with Crippen molar-refractivity contribution in [1.82, 2.24) is 0 Å². The molecule has 0 atom stereocenters. The second kappa shape index (κ2) is 14.1. The fraction of sp³-hybridized carbons (Fsp3) is 0. The number of carbonyl (C=O) groups is 1. The topological polar surface area (TPSA) is 40.9 Å². The molecule has 0 unspecified atom stereocenters. The van der Waals surface area contributed by atoms with Crippen molar-refractivity contribution in [2.75, 3.05) is 0 Å². The first-order chi connectivity index (χ1) is 9.56. The van der Waals surface area contributed by atoms with E-state index in [9.17, 15) is 4.79 Å². The van der Waals surface area contributed by atoms with Gasteiger partial charge in [-0.1, -0.05) is 81.5 Å². The standard InChI is InChI=1S/C8H8.C6H5NO.C4H6/c1-2-8-6-4-3-5-7-8;1-3-6(8)5(2)4-7;1-3-4-2/h2-7H,1H2;3H,1-2H2;3-4H,1-2H2. The van der Waals surface area contributed by atoms with Gasteiger partial charge >= 0.3 is 0 Å². The molecule has 0 bridgehead atoms. The van der Waals surface area contributed by atoms with Crippen LogP contribution in [0.25, 0.3) is 6.08 Å². The molecule has 0 radical (unpaired) electrons. The summed E-state index contributed by atoms with van der Waals surface area (Å²) in [7, 11) is 0. The normalized spacial score (nSPS) is 7.15. The van der Waals surface area contributed by atoms with Gasteiger partial charge in [0.05, 0.1) is 5.57 Å². The third-order valence-electron chi connectivity index (χ3n) is 1.82. The Morgan fingerprint density at radius 2 is 1.55 bits per heavy atom. The highest BCUT2D eigenvalue weighted by molar-refractivity contribution is 6.05. The van der Waals surface area contributed by atoms with Gasteiger partial charge in [0.1, 0.15) is 6.07 Å². The molecule has 0 heterocycles. The van der Waals surface area contributed by atoms with Crippen LogP contribution in [0, 0.1) is 11.3 Å². The van der Waals surface area contributed by atoms with Crippen LogP contribution in [0.4, 0.5) is 0 Å². The third-order valence-corrected chi connectivity index (χ3v) is 1.82. The van der Waals surface area contributed by atoms with E-state index < -0.39 is 5.78 Å². The molecule has 102 valence electrons. The Morgan fingerprint density at radius 3 is 1.75 bits per heavy atom. The van der Waals surface area contributed by atoms with Gasteiger partial charge in [0, 0.05) is 0 Å². The Balaban J connectivity index is 0. The zero-order valence-corrected chi connectivity index (χ0v) is 11.6. The lowest BCUT2D eigenvalue weighted by Gasteiger charge is -1.85. The van der Waals surface area contributed by atoms with E-state index in [2.05, 4.69) is 32.9 Å². The van der Waals surface area contributed by atoms with Gasteiger partial charge in [-0.15, -0.1) is 0 Å². The number of nitriles is 1. The summed E-state index contributed by atoms with van der Waals surface area (Å²) in [5.74, 6) is -0.410. The highest BCUT2D eigenvalue weighted by atomic mass is 16.1. The van der Waals surface area contributed by atoms with Crippen LogP contribution in [-0.2, 0) is 4.79 Å². The van der Waals surface area contributed by atoms with Gasteiger partial charge in [0.15, 0.2) is 5.78 Å². The van der Waals surface area contributed by atoms with Crippen LogP contribution in [0.2, 0.25) is 0 Å². The highest BCUT2D eigenvalue weighted by Gasteiger charge is 1.96. The molecule has 0 saturated carbocycles. The molecule has 1 rings (SSSR count). The molecule has 1 aromatic carbocycles. The monoisotopic (exact) mass is 265 g/mol. The van der Waals surface area contributed by atoms with Crippen molar-refractivity contribution < 1.29 is 4.79 Å². The fourth-order valence-electron chi connectivity index (χ4n) is 0.767. The zero-order valence-electron chi connectivity index (χ0n) is 11.6. The highest BCUT2D eigenvalue weighted by Crippen LogP contribution is 1.97. The summed E-state index contributed by atoms with van der Waals surface area (Å²) in [6.07, 6.45) is 6.17. The quantitative estimate of drug-likeness (QED) is 0.456. The van der Waals surface area contributed by atoms with E-state index in [0.29, 0.717) is 0 Å². The number of hydrogen-bond donors (Lipinski definition) is 0. The minimum Gasteiger partial charge on any atom is -0.289 e. The predicted molar refractivity (Wildman–Crippen MR) is 86.9 cm³/mol. The van der Waals surface area contributed by atoms with E-state index in [0.717, 1.165) is 6.08 Å². The maximum atomic E-state index is 10.3. The average molecular weight is 265 g/mol. The summed E-state index contributed by atoms with van der Waals surface area (Å²) in [6, 6.07) is 11.6. The minimum absolute atomic E-state index is 0.0694. The molecule has 2 heteroatoms. The first-order valence-corrected chi connectivity index (χ1v) is 5.74. The summed E-state index contributed by atoms with van der Waals surface area (Å²) in [5, 5.41) is 8.02. The Hall–Kier alpha value is -2.92. The van der Waals surface area contributed by atoms with Crippen LogP contribution in [0.1, 0.15) is 5.56 Å². The molecular formula is C18H19NO. The van der Waals surface area contributed by atoms with Gasteiger partial charge in [-0.3, -0.25) is 4.79 Å². The molecule has 0 aliphatic carbocycles. The average Bonchev–Trinajstić information content (AvgIpc) is 2.54. The number of ketones is 1. The Bertz CT molecular complexity index is 498. The SMILES string of the molecule is C=CC(=O)C(=C)C#N.C=CC=C.C=Cc1ccccc1. The first-order valence-electron chi connectivity index (χ1n) is 5.74. The van der Waals surface area contributed by atoms with E-state index in [1.807, 2.05) is 36.4 Å². The van der Waals surface area contributed by atoms with Crippen LogP contribution >= 0.6 is 0 Å². The second-order valence-electron chi connectivity index (χ2n) is 3.24. The maximum absolute atomic E-state index is 10.3. The van der Waals surface area contributed by atoms with E-state index >= 15 is 0 Å². The molecule has 0 fully saturated rings. The minimum atomic E-state index is -0.410. The number of benzene rings is 1. The second-order valence-corrected chi connectivity index (χ2v) is 3.24. The zero-order chi connectivity index (χ0) is 15.8. The van der Waals surface area contributed by atoms with E-state index in [1.54, 1.807) is 18.2 Å². The Kier molecular flexibility index (Phi) is 13.7. The predicted octanol–water partition coefficient (Wildman–Crippen LogP) is 4.51. The van der Waals surface area contributed by atoms with Crippen LogP contribution in [0.3, 0.4) is 0 Å². The summed E-state index contributed by atoms with van der Waals surface area (Å²) < 4.78 is 0. The number of carbonyl (C=O) groups excluding carboxylic acids is 1. The van der Waals surface area contributed by atoms with E-state index in [1.165, 1.54) is 5.56 Å². The Labute approximate surface area is 121 Å². The van der Waals surface area contributed by atoms with Crippen molar-refractivity contribution in [3.8, 4) is 6.07 Å². The van der Waals surface area contributed by atoms with Crippen molar-refractivity contribution in [2.24, 2.45) is 0 Å². The number of allylic oxidation sites excluding steroid dienone is 4. The first kappa shape index (κ1) is 19.4. The molecule has 20 heavy (non-hydrogen) atoms. The van der Waals surface area contributed by atoms with Gasteiger partial charge in [-0.2, -0.15) is 5.26 Å². The van der Waals surface area contributed by atoms with Crippen LogP contribution in [0.5, 0.6) is 0 Å². The third kappa shape index (κ3) is 11.6. The molecule has 2 nitrogen and oxygen atoms in total. The van der Waals surface area contributed by atoms with Crippen LogP contribution in [-0.4, -0.2) is 5.78 Å². The molecule has 0 aliphatic heterocycles. The van der Waals surface area contributed by atoms with Gasteiger partial charge in [-0.25, -0.2) is 0 Å². The van der Waals surface area contributed by atoms with Crippen LogP contribution < -0.4 is 0 Å². The van der Waals surface area contributed by atoms with Gasteiger partial charge < -0.3 is 0 Å². The summed E-state index contributed by atoms with van der Waals surface area (Å²) in [5.41, 5.74) is 1.10. The molecule has 0 spiro atoms. The summed E-state index contributed by atoms with van der Waals surface area (Å²) >= 11 is 0. The molecule has 1 aromatic rings. The summed E-state index contributed by atoms with van der Waals surface area (Å²) in [6.45, 7) is 16.7. The molecule has 0 N–H and O–H groups in total. The van der Waals surface area contributed by atoms with Crippen molar-refractivity contribution in [3.63, 3.8) is 0 Å².